The molecule has 42 valence electrons. The molecule has 7 heavy (non-hydrogen) atoms. The van der Waals surface area contributed by atoms with Gasteiger partial charge < -0.3 is 0 Å². The summed E-state index contributed by atoms with van der Waals surface area (Å²) < 4.78 is 10.8. The fourth-order valence-electron chi connectivity index (χ4n) is 0.282. The monoisotopic (exact) mass is 104 g/mol. The van der Waals surface area contributed by atoms with Crippen molar-refractivity contribution in [2.45, 2.75) is 12.8 Å². The first-order valence-electron chi connectivity index (χ1n) is 2.26. The summed E-state index contributed by atoms with van der Waals surface area (Å²) in [5, 5.41) is 0. The van der Waals surface area contributed by atoms with Gasteiger partial charge in [-0.2, -0.15) is 4.94 Å². The van der Waals surface area contributed by atoms with Gasteiger partial charge in [-0.25, -0.2) is 0 Å². The molecule has 1 nitrogen and oxygen atoms in total. The van der Waals surface area contributed by atoms with Crippen LogP contribution in [0.3, 0.4) is 0 Å². The van der Waals surface area contributed by atoms with Crippen LogP contribution in [0.5, 0.6) is 0 Å². The second kappa shape index (κ2) is 5.63. The van der Waals surface area contributed by atoms with Crippen LogP contribution in [0.1, 0.15) is 12.8 Å². The Bertz CT molecular complexity index is 45.3. The summed E-state index contributed by atoms with van der Waals surface area (Å²) >= 11 is 0. The van der Waals surface area contributed by atoms with Crippen molar-refractivity contribution >= 4 is 0 Å². The van der Waals surface area contributed by atoms with E-state index in [1.165, 1.54) is 0 Å². The van der Waals surface area contributed by atoms with Gasteiger partial charge in [0.1, 0.15) is 0 Å². The first-order valence-corrected chi connectivity index (χ1v) is 2.26. The van der Waals surface area contributed by atoms with Crippen LogP contribution in [-0.4, -0.2) is 6.61 Å². The number of rotatable bonds is 4. The maximum Gasteiger partial charge on any atom is 0.0879 e. The zero-order valence-electron chi connectivity index (χ0n) is 4.19. The van der Waals surface area contributed by atoms with Crippen molar-refractivity contribution in [3.63, 3.8) is 0 Å². The van der Waals surface area contributed by atoms with Crippen LogP contribution in [0.15, 0.2) is 12.7 Å². The average molecular weight is 104 g/mol. The molecule has 2 heteroatoms. The molecular weight excluding hydrogens is 95.1 g/mol. The van der Waals surface area contributed by atoms with Crippen LogP contribution in [0.25, 0.3) is 0 Å². The molecule has 0 unspecified atom stereocenters. The molecule has 0 aromatic heterocycles. The lowest BCUT2D eigenvalue weighted by Crippen LogP contribution is -1.80. The minimum Gasteiger partial charge on any atom is -0.194 e. The molecule has 0 aliphatic heterocycles. The van der Waals surface area contributed by atoms with Crippen LogP contribution in [0, 0.1) is 0 Å². The highest BCUT2D eigenvalue weighted by atomic mass is 19.3. The number of hydrogen-bond acceptors (Lipinski definition) is 1. The second-order valence-corrected chi connectivity index (χ2v) is 1.24. The zero-order valence-corrected chi connectivity index (χ0v) is 4.19. The summed E-state index contributed by atoms with van der Waals surface area (Å²) in [6.45, 7) is 3.64. The molecule has 0 amide bonds. The summed E-state index contributed by atoms with van der Waals surface area (Å²) in [7, 11) is 0. The number of unbranched alkanes of at least 4 members (excludes halogenated alkanes) is 1. The van der Waals surface area contributed by atoms with Crippen molar-refractivity contribution in [3.05, 3.63) is 12.7 Å². The van der Waals surface area contributed by atoms with Crippen molar-refractivity contribution in [3.8, 4) is 0 Å². The van der Waals surface area contributed by atoms with Gasteiger partial charge in [-0.05, 0) is 17.4 Å². The highest BCUT2D eigenvalue weighted by Crippen LogP contribution is 1.88. The van der Waals surface area contributed by atoms with Crippen LogP contribution in [0.2, 0.25) is 0 Å². The van der Waals surface area contributed by atoms with Crippen molar-refractivity contribution in [1.29, 1.82) is 0 Å². The van der Waals surface area contributed by atoms with E-state index in [9.17, 15) is 4.53 Å². The van der Waals surface area contributed by atoms with E-state index in [1.54, 1.807) is 6.08 Å². The Hall–Kier alpha value is -0.370. The van der Waals surface area contributed by atoms with Gasteiger partial charge in [-0.15, -0.1) is 6.58 Å². The third-order valence-corrected chi connectivity index (χ3v) is 0.630. The Balaban J connectivity index is 2.56. The molecule has 0 atom stereocenters. The third-order valence-electron chi connectivity index (χ3n) is 0.630. The normalized spacial score (nSPS) is 8.71. The molecule has 0 bridgehead atoms. The fraction of sp³-hybridized carbons (Fsp3) is 0.600. The molecular formula is C5H9FO. The quantitative estimate of drug-likeness (QED) is 0.390. The fourth-order valence-corrected chi connectivity index (χ4v) is 0.282. The summed E-state index contributed by atoms with van der Waals surface area (Å²) in [6.07, 6.45) is 3.28. The first kappa shape index (κ1) is 6.63. The van der Waals surface area contributed by atoms with Crippen LogP contribution < -0.4 is 0 Å². The molecule has 0 radical (unpaired) electrons. The largest absolute Gasteiger partial charge is 0.194 e. The lowest BCUT2D eigenvalue weighted by atomic mass is 10.3. The Morgan fingerprint density at radius 2 is 2.43 bits per heavy atom. The molecule has 0 N–H and O–H groups in total. The Kier molecular flexibility index (Phi) is 5.33. The molecule has 0 fully saturated rings. The Morgan fingerprint density at radius 1 is 1.71 bits per heavy atom. The van der Waals surface area contributed by atoms with E-state index >= 15 is 0 Å². The molecule has 0 aliphatic rings. The van der Waals surface area contributed by atoms with Crippen molar-refractivity contribution in [2.75, 3.05) is 6.61 Å². The molecule has 0 aliphatic carbocycles. The molecule has 0 aromatic carbocycles. The van der Waals surface area contributed by atoms with E-state index in [2.05, 4.69) is 11.5 Å². The topological polar surface area (TPSA) is 9.23 Å². The van der Waals surface area contributed by atoms with Crippen LogP contribution in [-0.2, 0) is 4.94 Å². The molecule has 0 aromatic rings. The van der Waals surface area contributed by atoms with Crippen molar-refractivity contribution in [1.82, 2.24) is 0 Å². The standard InChI is InChI=1S/C5H9FO/c1-2-3-4-5-7-6/h2H,1,3-5H2. The van der Waals surface area contributed by atoms with E-state index in [4.69, 9.17) is 0 Å². The lowest BCUT2D eigenvalue weighted by molar-refractivity contribution is -0.132. The predicted molar refractivity (Wildman–Crippen MR) is 26.5 cm³/mol. The molecule has 0 heterocycles. The molecule has 0 saturated heterocycles. The molecule has 0 rings (SSSR count). The second-order valence-electron chi connectivity index (χ2n) is 1.24. The van der Waals surface area contributed by atoms with Crippen LogP contribution >= 0.6 is 0 Å². The van der Waals surface area contributed by atoms with Gasteiger partial charge in [0, 0.05) is 0 Å². The Labute approximate surface area is 42.7 Å². The first-order chi connectivity index (χ1) is 3.41. The Morgan fingerprint density at radius 3 is 2.86 bits per heavy atom. The van der Waals surface area contributed by atoms with Crippen molar-refractivity contribution < 1.29 is 9.47 Å². The van der Waals surface area contributed by atoms with Gasteiger partial charge in [0.15, 0.2) is 0 Å². The minimum atomic E-state index is 0.187. The molecule has 0 saturated carbocycles. The predicted octanol–water partition coefficient (Wildman–Crippen LogP) is 1.85. The maximum atomic E-state index is 10.8. The van der Waals surface area contributed by atoms with E-state index < -0.39 is 0 Å². The van der Waals surface area contributed by atoms with Crippen LogP contribution in [0.4, 0.5) is 4.53 Å². The van der Waals surface area contributed by atoms with Gasteiger partial charge >= 0.3 is 0 Å². The van der Waals surface area contributed by atoms with Gasteiger partial charge in [-0.1, -0.05) is 6.08 Å². The summed E-state index contributed by atoms with van der Waals surface area (Å²) in [4.78, 5) is 3.30. The average Bonchev–Trinajstić information content (AvgIpc) is 1.69. The maximum absolute atomic E-state index is 10.8. The van der Waals surface area contributed by atoms with Gasteiger partial charge in [0.2, 0.25) is 0 Å². The van der Waals surface area contributed by atoms with Gasteiger partial charge in [0.05, 0.1) is 6.61 Å². The molecule has 0 spiro atoms. The number of halogens is 1. The SMILES string of the molecule is C=CCCCOF. The van der Waals surface area contributed by atoms with Gasteiger partial charge in [-0.3, -0.25) is 0 Å². The third kappa shape index (κ3) is 5.63. The summed E-state index contributed by atoms with van der Waals surface area (Å²) in [5.74, 6) is 0. The zero-order chi connectivity index (χ0) is 5.54. The number of allylic oxidation sites excluding steroid dienone is 1. The lowest BCUT2D eigenvalue weighted by Gasteiger charge is -1.85. The number of hydrogen-bond donors (Lipinski definition) is 0. The summed E-state index contributed by atoms with van der Waals surface area (Å²) in [5.41, 5.74) is 0. The summed E-state index contributed by atoms with van der Waals surface area (Å²) in [6, 6.07) is 0. The minimum absolute atomic E-state index is 0.187. The highest BCUT2D eigenvalue weighted by Gasteiger charge is 1.80. The van der Waals surface area contributed by atoms with Crippen molar-refractivity contribution in [2.24, 2.45) is 0 Å². The van der Waals surface area contributed by atoms with E-state index in [0.29, 0.717) is 0 Å². The van der Waals surface area contributed by atoms with E-state index in [-0.39, 0.29) is 6.61 Å². The van der Waals surface area contributed by atoms with E-state index in [1.807, 2.05) is 0 Å². The van der Waals surface area contributed by atoms with E-state index in [0.717, 1.165) is 12.8 Å². The smallest absolute Gasteiger partial charge is 0.0879 e. The highest BCUT2D eigenvalue weighted by molar-refractivity contribution is 4.64. The van der Waals surface area contributed by atoms with Gasteiger partial charge in [0.25, 0.3) is 0 Å².